The van der Waals surface area contributed by atoms with Crippen LogP contribution in [0.1, 0.15) is 27.4 Å². The van der Waals surface area contributed by atoms with Crippen molar-refractivity contribution in [2.24, 2.45) is 0 Å². The first-order valence-corrected chi connectivity index (χ1v) is 12.5. The van der Waals surface area contributed by atoms with Crippen molar-refractivity contribution in [2.75, 3.05) is 12.1 Å². The number of carbonyl (C=O) groups excluding carboxylic acids is 1. The minimum atomic E-state index is -3.57. The molecule has 4 aromatic rings. The number of hydrogen-bond donors (Lipinski definition) is 1. The average Bonchev–Trinajstić information content (AvgIpc) is 3.45. The molecule has 0 fully saturated rings. The summed E-state index contributed by atoms with van der Waals surface area (Å²) in [5.41, 5.74) is 3.00. The summed E-state index contributed by atoms with van der Waals surface area (Å²) < 4.78 is 42.0. The van der Waals surface area contributed by atoms with E-state index in [1.54, 1.807) is 73.7 Å². The van der Waals surface area contributed by atoms with E-state index in [9.17, 15) is 13.2 Å². The first-order valence-electron chi connectivity index (χ1n) is 10.9. The Bertz CT molecular complexity index is 1510. The van der Waals surface area contributed by atoms with Crippen LogP contribution in [-0.4, -0.2) is 26.1 Å². The lowest BCUT2D eigenvalue weighted by atomic mass is 10.1. The number of aromatic nitrogens is 1. The van der Waals surface area contributed by atoms with Crippen molar-refractivity contribution in [2.45, 2.75) is 24.5 Å². The molecule has 8 nitrogen and oxygen atoms in total. The van der Waals surface area contributed by atoms with Crippen molar-refractivity contribution >= 4 is 21.4 Å². The van der Waals surface area contributed by atoms with Crippen LogP contribution in [-0.2, 0) is 15.6 Å². The highest BCUT2D eigenvalue weighted by atomic mass is 32.2. The van der Waals surface area contributed by atoms with Gasteiger partial charge >= 0.3 is 0 Å². The summed E-state index contributed by atoms with van der Waals surface area (Å²) in [5, 5.41) is 2.82. The Morgan fingerprint density at radius 2 is 1.66 bits per heavy atom. The van der Waals surface area contributed by atoms with Gasteiger partial charge < -0.3 is 19.2 Å². The van der Waals surface area contributed by atoms with Gasteiger partial charge in [-0.2, -0.15) is 0 Å². The van der Waals surface area contributed by atoms with E-state index in [-0.39, 0.29) is 23.3 Å². The number of rotatable bonds is 6. The lowest BCUT2D eigenvalue weighted by Gasteiger charge is -2.06. The van der Waals surface area contributed by atoms with Crippen molar-refractivity contribution in [3.8, 4) is 23.0 Å². The summed E-state index contributed by atoms with van der Waals surface area (Å²) in [5.74, 6) is 1.39. The SMILES string of the molecule is Cc1ccc(S(=O)(=O)Cc2nc(-c3ccc(C(=O)Nc4ccc5c(c4)OCO5)cc3)oc2C)cc1. The number of benzene rings is 3. The molecule has 1 aromatic heterocycles. The summed E-state index contributed by atoms with van der Waals surface area (Å²) in [6.07, 6.45) is 0. The van der Waals surface area contributed by atoms with Crippen LogP contribution in [0.4, 0.5) is 5.69 Å². The van der Waals surface area contributed by atoms with Gasteiger partial charge in [-0.3, -0.25) is 4.79 Å². The summed E-state index contributed by atoms with van der Waals surface area (Å²) in [6, 6.07) is 18.6. The normalized spacial score (nSPS) is 12.5. The predicted molar refractivity (Wildman–Crippen MR) is 129 cm³/mol. The highest BCUT2D eigenvalue weighted by Gasteiger charge is 2.21. The van der Waals surface area contributed by atoms with Gasteiger partial charge in [0, 0.05) is 22.9 Å². The number of anilines is 1. The molecule has 0 aliphatic carbocycles. The summed E-state index contributed by atoms with van der Waals surface area (Å²) >= 11 is 0. The molecule has 0 saturated carbocycles. The zero-order valence-electron chi connectivity index (χ0n) is 19.1. The number of nitrogens with one attached hydrogen (secondary N) is 1. The number of fused-ring (bicyclic) bond motifs is 1. The van der Waals surface area contributed by atoms with Gasteiger partial charge in [0.1, 0.15) is 11.5 Å². The molecule has 5 rings (SSSR count). The number of amides is 1. The van der Waals surface area contributed by atoms with E-state index in [4.69, 9.17) is 13.9 Å². The van der Waals surface area contributed by atoms with Crippen LogP contribution in [0, 0.1) is 13.8 Å². The molecule has 1 aliphatic rings. The van der Waals surface area contributed by atoms with Gasteiger partial charge in [0.2, 0.25) is 12.7 Å². The van der Waals surface area contributed by atoms with Gasteiger partial charge in [-0.05, 0) is 62.4 Å². The number of sulfone groups is 1. The van der Waals surface area contributed by atoms with Crippen LogP contribution in [0.3, 0.4) is 0 Å². The van der Waals surface area contributed by atoms with Crippen LogP contribution in [0.15, 0.2) is 76.0 Å². The maximum Gasteiger partial charge on any atom is 0.255 e. The molecular weight excluding hydrogens is 468 g/mol. The first-order chi connectivity index (χ1) is 16.8. The molecule has 178 valence electrons. The van der Waals surface area contributed by atoms with Crippen LogP contribution in [0.5, 0.6) is 11.5 Å². The second-order valence-electron chi connectivity index (χ2n) is 8.19. The van der Waals surface area contributed by atoms with E-state index in [1.807, 2.05) is 6.92 Å². The Morgan fingerprint density at radius 1 is 0.943 bits per heavy atom. The number of oxazole rings is 1. The predicted octanol–water partition coefficient (Wildman–Crippen LogP) is 4.91. The van der Waals surface area contributed by atoms with Gasteiger partial charge in [0.05, 0.1) is 10.6 Å². The lowest BCUT2D eigenvalue weighted by molar-refractivity contribution is 0.102. The molecule has 1 aliphatic heterocycles. The van der Waals surface area contributed by atoms with Crippen molar-refractivity contribution in [1.82, 2.24) is 4.98 Å². The van der Waals surface area contributed by atoms with Gasteiger partial charge in [0.15, 0.2) is 21.3 Å². The smallest absolute Gasteiger partial charge is 0.255 e. The molecule has 0 saturated heterocycles. The van der Waals surface area contributed by atoms with Crippen LogP contribution < -0.4 is 14.8 Å². The number of nitrogens with zero attached hydrogens (tertiary/aromatic N) is 1. The fourth-order valence-electron chi connectivity index (χ4n) is 3.64. The molecular formula is C26H22N2O6S. The second-order valence-corrected chi connectivity index (χ2v) is 10.2. The van der Waals surface area contributed by atoms with Gasteiger partial charge in [-0.1, -0.05) is 17.7 Å². The number of aryl methyl sites for hydroxylation is 2. The zero-order valence-corrected chi connectivity index (χ0v) is 19.9. The molecule has 0 radical (unpaired) electrons. The standard InChI is InChI=1S/C26H22N2O6S/c1-16-3-10-21(11-4-16)35(30,31)14-22-17(2)34-26(28-22)19-7-5-18(6-8-19)25(29)27-20-9-12-23-24(13-20)33-15-32-23/h3-13H,14-15H2,1-2H3,(H,27,29). The molecule has 9 heteroatoms. The molecule has 35 heavy (non-hydrogen) atoms. The van der Waals surface area contributed by atoms with Crippen molar-refractivity contribution < 1.29 is 27.1 Å². The van der Waals surface area contributed by atoms with E-state index < -0.39 is 9.84 Å². The van der Waals surface area contributed by atoms with E-state index in [2.05, 4.69) is 10.3 Å². The molecule has 0 atom stereocenters. The zero-order chi connectivity index (χ0) is 24.6. The highest BCUT2D eigenvalue weighted by molar-refractivity contribution is 7.90. The van der Waals surface area contributed by atoms with Crippen LogP contribution >= 0.6 is 0 Å². The molecule has 1 N–H and O–H groups in total. The Kier molecular flexibility index (Phi) is 5.78. The summed E-state index contributed by atoms with van der Waals surface area (Å²) in [6.45, 7) is 3.74. The Balaban J connectivity index is 1.30. The van der Waals surface area contributed by atoms with Gasteiger partial charge in [-0.15, -0.1) is 0 Å². The number of hydrogen-bond acceptors (Lipinski definition) is 7. The molecule has 0 spiro atoms. The minimum Gasteiger partial charge on any atom is -0.454 e. The van der Waals surface area contributed by atoms with Gasteiger partial charge in [-0.25, -0.2) is 13.4 Å². The molecule has 2 heterocycles. The molecule has 0 unspecified atom stereocenters. The number of carbonyl (C=O) groups is 1. The van der Waals surface area contributed by atoms with Crippen molar-refractivity contribution in [3.05, 3.63) is 89.3 Å². The van der Waals surface area contributed by atoms with E-state index in [1.165, 1.54) is 0 Å². The summed E-state index contributed by atoms with van der Waals surface area (Å²) in [4.78, 5) is 17.3. The Hall–Kier alpha value is -4.11. The fraction of sp³-hybridized carbons (Fsp3) is 0.154. The highest BCUT2D eigenvalue weighted by Crippen LogP contribution is 2.34. The fourth-order valence-corrected chi connectivity index (χ4v) is 4.98. The largest absolute Gasteiger partial charge is 0.454 e. The maximum atomic E-state index is 12.8. The molecule has 3 aromatic carbocycles. The van der Waals surface area contributed by atoms with Crippen molar-refractivity contribution in [1.29, 1.82) is 0 Å². The van der Waals surface area contributed by atoms with Crippen LogP contribution in [0.25, 0.3) is 11.5 Å². The van der Waals surface area contributed by atoms with E-state index in [0.717, 1.165) is 5.56 Å². The van der Waals surface area contributed by atoms with Crippen molar-refractivity contribution in [3.63, 3.8) is 0 Å². The van der Waals surface area contributed by atoms with E-state index in [0.29, 0.717) is 45.7 Å². The Morgan fingerprint density at radius 3 is 2.40 bits per heavy atom. The average molecular weight is 491 g/mol. The second kappa shape index (κ2) is 8.92. The maximum absolute atomic E-state index is 12.8. The van der Waals surface area contributed by atoms with E-state index >= 15 is 0 Å². The van der Waals surface area contributed by atoms with Crippen LogP contribution in [0.2, 0.25) is 0 Å². The van der Waals surface area contributed by atoms with Gasteiger partial charge in [0.25, 0.3) is 5.91 Å². The quantitative estimate of drug-likeness (QED) is 0.409. The summed E-state index contributed by atoms with van der Waals surface area (Å²) in [7, 11) is -3.57. The number of ether oxygens (including phenoxy) is 2. The first kappa shape index (κ1) is 22.7. The third-order valence-electron chi connectivity index (χ3n) is 5.62. The Labute approximate surface area is 202 Å². The third kappa shape index (κ3) is 4.76. The molecule has 1 amide bonds. The third-order valence-corrected chi connectivity index (χ3v) is 7.27. The minimum absolute atomic E-state index is 0.161. The topological polar surface area (TPSA) is 108 Å². The molecule has 0 bridgehead atoms. The monoisotopic (exact) mass is 490 g/mol. The lowest BCUT2D eigenvalue weighted by Crippen LogP contribution is -2.11.